The van der Waals surface area contributed by atoms with E-state index in [2.05, 4.69) is 32.8 Å². The minimum Gasteiger partial charge on any atom is -0.352 e. The molecule has 3 N–H and O–H groups in total. The van der Waals surface area contributed by atoms with Crippen molar-refractivity contribution >= 4 is 34.8 Å². The van der Waals surface area contributed by atoms with Gasteiger partial charge < -0.3 is 10.6 Å². The lowest BCUT2D eigenvalue weighted by atomic mass is 10.0. The molecule has 9 heteroatoms. The summed E-state index contributed by atoms with van der Waals surface area (Å²) in [5.41, 5.74) is 0.450. The molecular weight excluding hydrogens is 451 g/mol. The number of hydrogen-bond acceptors (Lipinski definition) is 5. The zero-order valence-corrected chi connectivity index (χ0v) is 19.4. The lowest BCUT2D eigenvalue weighted by molar-refractivity contribution is -0.125. The zero-order chi connectivity index (χ0) is 22.8. The Morgan fingerprint density at radius 2 is 2.19 bits per heavy atom. The Labute approximate surface area is 195 Å². The van der Waals surface area contributed by atoms with Crippen molar-refractivity contribution in [2.75, 3.05) is 0 Å². The Bertz CT molecular complexity index is 1100. The Morgan fingerprint density at radius 3 is 2.91 bits per heavy atom. The van der Waals surface area contributed by atoms with E-state index >= 15 is 4.39 Å². The molecule has 168 valence electrons. The van der Waals surface area contributed by atoms with Crippen LogP contribution in [0, 0.1) is 29.5 Å². The highest BCUT2D eigenvalue weighted by atomic mass is 35.5. The molecule has 6 nitrogen and oxygen atoms in total. The highest BCUT2D eigenvalue weighted by Gasteiger charge is 2.32. The summed E-state index contributed by atoms with van der Waals surface area (Å²) in [6, 6.07) is 2.78. The number of thiazole rings is 1. The fraction of sp³-hybridized carbons (Fsp3) is 0.435. The molecule has 2 fully saturated rings. The first kappa shape index (κ1) is 22.7. The maximum absolute atomic E-state index is 15.4. The highest BCUT2D eigenvalue weighted by molar-refractivity contribution is 7.12. The fourth-order valence-electron chi connectivity index (χ4n) is 3.34. The molecule has 2 aromatic rings. The van der Waals surface area contributed by atoms with Crippen molar-refractivity contribution in [3.8, 4) is 11.8 Å². The number of carbonyl (C=O) groups is 2. The average Bonchev–Trinajstić information content (AvgIpc) is 3.46. The number of nitrogens with zero attached hydrogens (tertiary/aromatic N) is 1. The quantitative estimate of drug-likeness (QED) is 0.575. The Balaban J connectivity index is 1.54. The van der Waals surface area contributed by atoms with Gasteiger partial charge in [0.1, 0.15) is 12.0 Å². The van der Waals surface area contributed by atoms with Gasteiger partial charge in [0.25, 0.3) is 0 Å². The number of rotatable bonds is 5. The lowest BCUT2D eigenvalue weighted by Gasteiger charge is -2.32. The second-order valence-corrected chi connectivity index (χ2v) is 9.81. The minimum atomic E-state index is -0.808. The SMILES string of the molecule is CC(C)C(=O)NCc1ccc(Cl)c(C2NC(=O)CC(c3cnc(C#CC4CC4)s3)N2)c1F. The summed E-state index contributed by atoms with van der Waals surface area (Å²) < 4.78 is 15.4. The molecule has 1 saturated carbocycles. The number of amides is 2. The molecule has 1 aromatic heterocycles. The minimum absolute atomic E-state index is 0.0367. The van der Waals surface area contributed by atoms with Gasteiger partial charge in [0.15, 0.2) is 5.01 Å². The molecule has 0 radical (unpaired) electrons. The van der Waals surface area contributed by atoms with Crippen molar-refractivity contribution in [2.24, 2.45) is 11.8 Å². The first-order chi connectivity index (χ1) is 15.3. The Hall–Kier alpha value is -2.47. The smallest absolute Gasteiger partial charge is 0.223 e. The van der Waals surface area contributed by atoms with E-state index in [9.17, 15) is 9.59 Å². The van der Waals surface area contributed by atoms with Gasteiger partial charge in [-0.05, 0) is 24.8 Å². The summed E-state index contributed by atoms with van der Waals surface area (Å²) in [5.74, 6) is 5.60. The van der Waals surface area contributed by atoms with E-state index in [0.717, 1.165) is 17.7 Å². The molecule has 1 aliphatic heterocycles. The van der Waals surface area contributed by atoms with Crippen molar-refractivity contribution in [1.29, 1.82) is 0 Å². The maximum Gasteiger partial charge on any atom is 0.223 e. The number of aromatic nitrogens is 1. The van der Waals surface area contributed by atoms with Crippen molar-refractivity contribution in [2.45, 2.75) is 51.9 Å². The Morgan fingerprint density at radius 1 is 1.41 bits per heavy atom. The molecular formula is C23H24ClFN4O2S. The molecule has 2 amide bonds. The molecule has 1 saturated heterocycles. The third-order valence-electron chi connectivity index (χ3n) is 5.36. The molecule has 2 atom stereocenters. The Kier molecular flexibility index (Phi) is 6.79. The van der Waals surface area contributed by atoms with Gasteiger partial charge >= 0.3 is 0 Å². The monoisotopic (exact) mass is 474 g/mol. The normalized spacial score (nSPS) is 20.5. The standard InChI is InChI=1S/C23H24ClFN4O2S/c1-12(2)23(31)27-10-14-6-7-15(24)20(21(14)25)22-28-16(9-18(30)29-22)17-11-26-19(32-17)8-5-13-3-4-13/h6-7,11-13,16,22,28H,3-4,9-10H2,1-2H3,(H,27,31)(H,29,30). The van der Waals surface area contributed by atoms with E-state index in [-0.39, 0.29) is 47.3 Å². The summed E-state index contributed by atoms with van der Waals surface area (Å²) in [4.78, 5) is 29.5. The number of halogens is 2. The van der Waals surface area contributed by atoms with Gasteiger partial charge in [-0.25, -0.2) is 9.37 Å². The van der Waals surface area contributed by atoms with Crippen molar-refractivity contribution in [1.82, 2.24) is 20.9 Å². The van der Waals surface area contributed by atoms with E-state index in [1.807, 2.05) is 0 Å². The third kappa shape index (κ3) is 5.29. The van der Waals surface area contributed by atoms with Gasteiger partial charge in [-0.15, -0.1) is 11.3 Å². The van der Waals surface area contributed by atoms with Gasteiger partial charge in [-0.3, -0.25) is 14.9 Å². The number of hydrogen-bond donors (Lipinski definition) is 3. The molecule has 4 rings (SSSR count). The van der Waals surface area contributed by atoms with E-state index in [4.69, 9.17) is 11.6 Å². The van der Waals surface area contributed by atoms with E-state index in [1.165, 1.54) is 17.4 Å². The van der Waals surface area contributed by atoms with Crippen molar-refractivity contribution in [3.05, 3.63) is 50.2 Å². The summed E-state index contributed by atoms with van der Waals surface area (Å²) in [6.45, 7) is 3.57. The lowest BCUT2D eigenvalue weighted by Crippen LogP contribution is -2.47. The second kappa shape index (κ2) is 9.57. The third-order valence-corrected chi connectivity index (χ3v) is 6.72. The summed E-state index contributed by atoms with van der Waals surface area (Å²) >= 11 is 7.76. The first-order valence-electron chi connectivity index (χ1n) is 10.6. The summed E-state index contributed by atoms with van der Waals surface area (Å²) in [6.07, 6.45) is 3.40. The predicted octanol–water partition coefficient (Wildman–Crippen LogP) is 3.82. The molecule has 0 bridgehead atoms. The topological polar surface area (TPSA) is 83.1 Å². The molecule has 2 aliphatic rings. The van der Waals surface area contributed by atoms with E-state index in [1.54, 1.807) is 26.1 Å². The zero-order valence-electron chi connectivity index (χ0n) is 17.8. The van der Waals surface area contributed by atoms with Crippen molar-refractivity contribution in [3.63, 3.8) is 0 Å². The predicted molar refractivity (Wildman–Crippen MR) is 121 cm³/mol. The largest absolute Gasteiger partial charge is 0.352 e. The fourth-order valence-corrected chi connectivity index (χ4v) is 4.44. The molecule has 2 unspecified atom stereocenters. The molecule has 32 heavy (non-hydrogen) atoms. The average molecular weight is 475 g/mol. The molecule has 0 spiro atoms. The van der Waals surface area contributed by atoms with E-state index in [0.29, 0.717) is 16.5 Å². The first-order valence-corrected chi connectivity index (χ1v) is 11.8. The van der Waals surface area contributed by atoms with Crippen LogP contribution < -0.4 is 16.0 Å². The van der Waals surface area contributed by atoms with Crippen LogP contribution in [0.1, 0.15) is 66.3 Å². The molecule has 2 heterocycles. The summed E-state index contributed by atoms with van der Waals surface area (Å²) in [5, 5.41) is 9.67. The van der Waals surface area contributed by atoms with Crippen LogP contribution in [-0.4, -0.2) is 16.8 Å². The van der Waals surface area contributed by atoms with Gasteiger partial charge in [-0.1, -0.05) is 37.4 Å². The van der Waals surface area contributed by atoms with Gasteiger partial charge in [0.05, 0.1) is 11.1 Å². The van der Waals surface area contributed by atoms with Crippen LogP contribution >= 0.6 is 22.9 Å². The van der Waals surface area contributed by atoms with Gasteiger partial charge in [0, 0.05) is 47.0 Å². The van der Waals surface area contributed by atoms with Crippen LogP contribution in [-0.2, 0) is 16.1 Å². The number of nitrogens with one attached hydrogen (secondary N) is 3. The van der Waals surface area contributed by atoms with Crippen LogP contribution in [0.15, 0.2) is 18.3 Å². The number of carbonyl (C=O) groups excluding carboxylic acids is 2. The van der Waals surface area contributed by atoms with Crippen LogP contribution in [0.2, 0.25) is 5.02 Å². The van der Waals surface area contributed by atoms with Crippen LogP contribution in [0.3, 0.4) is 0 Å². The van der Waals surface area contributed by atoms with Crippen molar-refractivity contribution < 1.29 is 14.0 Å². The summed E-state index contributed by atoms with van der Waals surface area (Å²) in [7, 11) is 0. The maximum atomic E-state index is 15.4. The molecule has 1 aliphatic carbocycles. The number of benzene rings is 1. The van der Waals surface area contributed by atoms with Crippen LogP contribution in [0.4, 0.5) is 4.39 Å². The van der Waals surface area contributed by atoms with Gasteiger partial charge in [0.2, 0.25) is 11.8 Å². The van der Waals surface area contributed by atoms with E-state index < -0.39 is 12.0 Å². The van der Waals surface area contributed by atoms with Gasteiger partial charge in [-0.2, -0.15) is 0 Å². The van der Waals surface area contributed by atoms with Crippen LogP contribution in [0.5, 0.6) is 0 Å². The second-order valence-electron chi connectivity index (χ2n) is 8.34. The molecule has 1 aromatic carbocycles. The highest BCUT2D eigenvalue weighted by Crippen LogP contribution is 2.34. The van der Waals surface area contributed by atoms with Crippen LogP contribution in [0.25, 0.3) is 0 Å².